The number of aromatic hydroxyl groups is 2. The Morgan fingerprint density at radius 1 is 0.760 bits per heavy atom. The summed E-state index contributed by atoms with van der Waals surface area (Å²) < 4.78 is 0. The molecule has 0 aromatic heterocycles. The lowest BCUT2D eigenvalue weighted by Gasteiger charge is -2.59. The summed E-state index contributed by atoms with van der Waals surface area (Å²) in [6.07, 6.45) is 8.95. The van der Waals surface area contributed by atoms with E-state index in [2.05, 4.69) is 18.2 Å². The number of phenols is 2. The van der Waals surface area contributed by atoms with Gasteiger partial charge in [-0.3, -0.25) is 0 Å². The Bertz CT molecular complexity index is 802. The van der Waals surface area contributed by atoms with Crippen molar-refractivity contribution in [3.8, 4) is 11.5 Å². The molecule has 2 unspecified atom stereocenters. The van der Waals surface area contributed by atoms with E-state index in [1.165, 1.54) is 43.2 Å². The van der Waals surface area contributed by atoms with Crippen LogP contribution in [-0.2, 0) is 5.41 Å². The van der Waals surface area contributed by atoms with Crippen LogP contribution < -0.4 is 0 Å². The average molecular weight is 332 g/mol. The molecular weight excluding hydrogens is 308 g/mol. The van der Waals surface area contributed by atoms with Crippen LogP contribution in [0.15, 0.2) is 54.1 Å². The van der Waals surface area contributed by atoms with E-state index in [9.17, 15) is 10.2 Å². The monoisotopic (exact) mass is 332 g/mol. The molecule has 6 rings (SSSR count). The predicted octanol–water partition coefficient (Wildman–Crippen LogP) is 5.26. The fourth-order valence-electron chi connectivity index (χ4n) is 6.04. The van der Waals surface area contributed by atoms with Crippen molar-refractivity contribution in [1.82, 2.24) is 0 Å². The highest BCUT2D eigenvalue weighted by atomic mass is 16.3. The van der Waals surface area contributed by atoms with Crippen LogP contribution in [0.1, 0.15) is 43.2 Å². The number of hydrogen-bond donors (Lipinski definition) is 2. The van der Waals surface area contributed by atoms with Crippen molar-refractivity contribution >= 4 is 6.08 Å². The van der Waals surface area contributed by atoms with Crippen molar-refractivity contribution in [2.45, 2.75) is 37.5 Å². The van der Waals surface area contributed by atoms with E-state index in [1.54, 1.807) is 17.7 Å². The molecule has 2 heteroatoms. The molecule has 0 saturated heterocycles. The molecule has 4 fully saturated rings. The number of phenolic OH excluding ortho intramolecular Hbond substituents is 2. The Balaban J connectivity index is 1.64. The van der Waals surface area contributed by atoms with E-state index in [1.807, 2.05) is 24.3 Å². The maximum absolute atomic E-state index is 9.73. The molecule has 128 valence electrons. The first-order valence-corrected chi connectivity index (χ1v) is 9.43. The Morgan fingerprint density at radius 2 is 1.32 bits per heavy atom. The summed E-state index contributed by atoms with van der Waals surface area (Å²) in [4.78, 5) is 0. The van der Waals surface area contributed by atoms with Crippen molar-refractivity contribution in [3.63, 3.8) is 0 Å². The lowest BCUT2D eigenvalue weighted by Crippen LogP contribution is -2.50. The second-order valence-corrected chi connectivity index (χ2v) is 8.36. The fourth-order valence-corrected chi connectivity index (χ4v) is 6.04. The van der Waals surface area contributed by atoms with Gasteiger partial charge in [0, 0.05) is 5.41 Å². The minimum absolute atomic E-state index is 0.139. The molecule has 2 N–H and O–H groups in total. The topological polar surface area (TPSA) is 40.5 Å². The van der Waals surface area contributed by atoms with Crippen LogP contribution in [0.2, 0.25) is 0 Å². The maximum atomic E-state index is 9.73. The van der Waals surface area contributed by atoms with Crippen LogP contribution in [0.4, 0.5) is 0 Å². The first kappa shape index (κ1) is 15.1. The molecule has 0 heterocycles. The van der Waals surface area contributed by atoms with Gasteiger partial charge in [-0.2, -0.15) is 0 Å². The number of hydrogen-bond acceptors (Lipinski definition) is 2. The summed E-state index contributed by atoms with van der Waals surface area (Å²) in [6, 6.07) is 15.5. The summed E-state index contributed by atoms with van der Waals surface area (Å²) in [5, 5.41) is 19.3. The molecule has 0 spiro atoms. The van der Waals surface area contributed by atoms with E-state index in [0.717, 1.165) is 11.8 Å². The Hall–Kier alpha value is -2.22. The largest absolute Gasteiger partial charge is 0.508 e. The van der Waals surface area contributed by atoms with Crippen LogP contribution >= 0.6 is 0 Å². The zero-order valence-corrected chi connectivity index (χ0v) is 14.4. The summed E-state index contributed by atoms with van der Waals surface area (Å²) in [7, 11) is 0. The molecule has 4 saturated carbocycles. The molecule has 4 atom stereocenters. The van der Waals surface area contributed by atoms with Crippen molar-refractivity contribution < 1.29 is 10.2 Å². The molecule has 4 aliphatic rings. The molecule has 0 amide bonds. The molecule has 2 aromatic rings. The third kappa shape index (κ3) is 2.38. The normalized spacial score (nSPS) is 34.6. The second-order valence-electron chi connectivity index (χ2n) is 8.36. The van der Waals surface area contributed by atoms with Gasteiger partial charge in [0.1, 0.15) is 11.5 Å². The van der Waals surface area contributed by atoms with Gasteiger partial charge in [-0.15, -0.1) is 0 Å². The van der Waals surface area contributed by atoms with Crippen LogP contribution in [0.3, 0.4) is 0 Å². The van der Waals surface area contributed by atoms with E-state index in [4.69, 9.17) is 0 Å². The van der Waals surface area contributed by atoms with Gasteiger partial charge >= 0.3 is 0 Å². The highest BCUT2D eigenvalue weighted by molar-refractivity contribution is 5.61. The number of benzene rings is 2. The summed E-state index contributed by atoms with van der Waals surface area (Å²) in [6.45, 7) is 0. The molecule has 4 aliphatic carbocycles. The molecule has 25 heavy (non-hydrogen) atoms. The highest BCUT2D eigenvalue weighted by Gasteiger charge is 2.54. The number of allylic oxidation sites excluding steroid dienone is 1. The second kappa shape index (κ2) is 5.39. The Kier molecular flexibility index (Phi) is 3.25. The van der Waals surface area contributed by atoms with Crippen molar-refractivity contribution in [2.24, 2.45) is 17.8 Å². The fraction of sp³-hybridized carbons (Fsp3) is 0.391. The van der Waals surface area contributed by atoms with Crippen molar-refractivity contribution in [3.05, 3.63) is 65.2 Å². The van der Waals surface area contributed by atoms with E-state index in [0.29, 0.717) is 17.4 Å². The molecule has 4 bridgehead atoms. The first-order chi connectivity index (χ1) is 12.1. The third-order valence-corrected chi connectivity index (χ3v) is 6.80. The van der Waals surface area contributed by atoms with Gasteiger partial charge in [0.25, 0.3) is 0 Å². The van der Waals surface area contributed by atoms with Gasteiger partial charge in [-0.05, 0) is 85.3 Å². The predicted molar refractivity (Wildman–Crippen MR) is 99.4 cm³/mol. The van der Waals surface area contributed by atoms with Crippen molar-refractivity contribution in [2.75, 3.05) is 0 Å². The average Bonchev–Trinajstić information content (AvgIpc) is 2.60. The quantitative estimate of drug-likeness (QED) is 0.787. The van der Waals surface area contributed by atoms with E-state index in [-0.39, 0.29) is 5.41 Å². The zero-order valence-electron chi connectivity index (χ0n) is 14.4. The molecular formula is C23H24O2. The van der Waals surface area contributed by atoms with Gasteiger partial charge in [0.2, 0.25) is 0 Å². The van der Waals surface area contributed by atoms with Crippen molar-refractivity contribution in [1.29, 1.82) is 0 Å². The minimum Gasteiger partial charge on any atom is -0.508 e. The summed E-state index contributed by atoms with van der Waals surface area (Å²) in [5.74, 6) is 3.05. The standard InChI is InChI=1S/C23H24O2/c24-20-5-1-15(2-6-20)12-22-18-10-16-9-17(11-18)14-23(22,13-16)19-3-7-21(25)8-4-19/h1-8,12,16-18,24-25H,9-11,13-14H2/b22-12-/t16-,17+,18?,23?. The van der Waals surface area contributed by atoms with Gasteiger partial charge < -0.3 is 10.2 Å². The molecule has 0 aliphatic heterocycles. The molecule has 2 aromatic carbocycles. The molecule has 2 nitrogen and oxygen atoms in total. The van der Waals surface area contributed by atoms with Crippen LogP contribution in [0.25, 0.3) is 6.08 Å². The zero-order chi connectivity index (χ0) is 17.0. The Labute approximate surface area is 148 Å². The van der Waals surface area contributed by atoms with Gasteiger partial charge in [0.15, 0.2) is 0 Å². The van der Waals surface area contributed by atoms with E-state index < -0.39 is 0 Å². The minimum atomic E-state index is 0.139. The number of rotatable bonds is 2. The van der Waals surface area contributed by atoms with Crippen LogP contribution in [0, 0.1) is 17.8 Å². The lowest BCUT2D eigenvalue weighted by molar-refractivity contribution is 0.0480. The highest BCUT2D eigenvalue weighted by Crippen LogP contribution is 2.63. The van der Waals surface area contributed by atoms with Crippen LogP contribution in [-0.4, -0.2) is 10.2 Å². The van der Waals surface area contributed by atoms with Gasteiger partial charge in [0.05, 0.1) is 0 Å². The lowest BCUT2D eigenvalue weighted by atomic mass is 9.45. The van der Waals surface area contributed by atoms with Crippen LogP contribution in [0.5, 0.6) is 11.5 Å². The smallest absolute Gasteiger partial charge is 0.115 e. The molecule has 0 radical (unpaired) electrons. The summed E-state index contributed by atoms with van der Waals surface area (Å²) in [5.41, 5.74) is 4.27. The SMILES string of the molecule is Oc1ccc(/C=C2/C3C[C@@H]4C[C@H](C3)CC2(c2ccc(O)cc2)C4)cc1. The first-order valence-electron chi connectivity index (χ1n) is 9.43. The van der Waals surface area contributed by atoms with Gasteiger partial charge in [-0.1, -0.05) is 35.9 Å². The maximum Gasteiger partial charge on any atom is 0.115 e. The summed E-state index contributed by atoms with van der Waals surface area (Å²) >= 11 is 0. The Morgan fingerprint density at radius 3 is 1.92 bits per heavy atom. The third-order valence-electron chi connectivity index (χ3n) is 6.80. The van der Waals surface area contributed by atoms with Gasteiger partial charge in [-0.25, -0.2) is 0 Å². The van der Waals surface area contributed by atoms with E-state index >= 15 is 0 Å².